The van der Waals surface area contributed by atoms with E-state index >= 15 is 0 Å². The van der Waals surface area contributed by atoms with Gasteiger partial charge in [-0.1, -0.05) is 23.7 Å². The first kappa shape index (κ1) is 14.9. The minimum absolute atomic E-state index is 0.450. The molecular formula is C19H13ClN6. The van der Waals surface area contributed by atoms with Crippen molar-refractivity contribution in [2.45, 2.75) is 0 Å². The van der Waals surface area contributed by atoms with Gasteiger partial charge in [-0.3, -0.25) is 4.98 Å². The molecule has 0 saturated carbocycles. The van der Waals surface area contributed by atoms with Crippen molar-refractivity contribution in [2.24, 2.45) is 0 Å². The van der Waals surface area contributed by atoms with Crippen LogP contribution in [0.1, 0.15) is 0 Å². The lowest BCUT2D eigenvalue weighted by atomic mass is 10.1. The van der Waals surface area contributed by atoms with E-state index in [2.05, 4.69) is 36.3 Å². The maximum atomic E-state index is 6.01. The van der Waals surface area contributed by atoms with Gasteiger partial charge in [0, 0.05) is 24.2 Å². The first-order valence-corrected chi connectivity index (χ1v) is 8.45. The van der Waals surface area contributed by atoms with Crippen LogP contribution < -0.4 is 5.32 Å². The average Bonchev–Trinajstić information content (AvgIpc) is 3.25. The number of fused-ring (bicyclic) bond motifs is 2. The maximum absolute atomic E-state index is 6.01. The molecule has 0 bridgehead atoms. The van der Waals surface area contributed by atoms with Crippen LogP contribution in [0.4, 0.5) is 11.6 Å². The molecule has 0 amide bonds. The van der Waals surface area contributed by atoms with Crippen molar-refractivity contribution in [1.29, 1.82) is 0 Å². The third-order valence-electron chi connectivity index (χ3n) is 4.22. The molecule has 26 heavy (non-hydrogen) atoms. The molecule has 126 valence electrons. The van der Waals surface area contributed by atoms with Gasteiger partial charge in [0.25, 0.3) is 0 Å². The molecule has 0 spiro atoms. The van der Waals surface area contributed by atoms with Gasteiger partial charge in [0.2, 0.25) is 5.95 Å². The third-order valence-corrected chi connectivity index (χ3v) is 4.43. The lowest BCUT2D eigenvalue weighted by Gasteiger charge is -2.00. The van der Waals surface area contributed by atoms with Gasteiger partial charge in [-0.05, 0) is 35.9 Å². The Hall–Kier alpha value is -3.38. The van der Waals surface area contributed by atoms with Crippen LogP contribution in [0.3, 0.4) is 0 Å². The number of halogens is 1. The Balaban J connectivity index is 1.52. The van der Waals surface area contributed by atoms with Crippen molar-refractivity contribution >= 4 is 45.3 Å². The number of H-pyrrole nitrogens is 2. The molecule has 0 aliphatic rings. The minimum Gasteiger partial charge on any atom is -0.358 e. The second-order valence-electron chi connectivity index (χ2n) is 5.92. The standard InChI is InChI=1S/C19H13ClN6/c20-17-6-5-14-18(26-17)16(10-22-14)25-19-23-13-4-3-11(8-15(13)24-19)12-2-1-7-21-9-12/h1-10,22H,(H2,23,24,25). The van der Waals surface area contributed by atoms with Gasteiger partial charge < -0.3 is 15.3 Å². The van der Waals surface area contributed by atoms with Crippen LogP contribution in [0.2, 0.25) is 5.15 Å². The van der Waals surface area contributed by atoms with Crippen molar-refractivity contribution in [2.75, 3.05) is 5.32 Å². The molecule has 5 rings (SSSR count). The summed E-state index contributed by atoms with van der Waals surface area (Å²) in [6, 6.07) is 13.7. The van der Waals surface area contributed by atoms with E-state index in [0.717, 1.165) is 38.9 Å². The highest BCUT2D eigenvalue weighted by Gasteiger charge is 2.09. The summed E-state index contributed by atoms with van der Waals surface area (Å²) >= 11 is 6.01. The SMILES string of the molecule is Clc1ccc2[nH]cc(Nc3nc4ccc(-c5cccnc5)cc4[nH]3)c2n1. The van der Waals surface area contributed by atoms with Gasteiger partial charge in [-0.25, -0.2) is 9.97 Å². The Morgan fingerprint density at radius 3 is 2.81 bits per heavy atom. The Labute approximate surface area is 153 Å². The van der Waals surface area contributed by atoms with E-state index in [9.17, 15) is 0 Å². The van der Waals surface area contributed by atoms with E-state index < -0.39 is 0 Å². The van der Waals surface area contributed by atoms with Crippen molar-refractivity contribution in [3.63, 3.8) is 0 Å². The Kier molecular flexibility index (Phi) is 3.36. The molecule has 4 heterocycles. The van der Waals surface area contributed by atoms with Crippen LogP contribution in [0, 0.1) is 0 Å². The molecule has 0 aliphatic heterocycles. The minimum atomic E-state index is 0.450. The Bertz CT molecular complexity index is 1220. The summed E-state index contributed by atoms with van der Waals surface area (Å²) in [4.78, 5) is 19.6. The predicted molar refractivity (Wildman–Crippen MR) is 104 cm³/mol. The number of benzene rings is 1. The molecule has 3 N–H and O–H groups in total. The average molecular weight is 361 g/mol. The number of imidazole rings is 1. The summed E-state index contributed by atoms with van der Waals surface area (Å²) in [7, 11) is 0. The zero-order valence-corrected chi connectivity index (χ0v) is 14.2. The van der Waals surface area contributed by atoms with Crippen molar-refractivity contribution in [1.82, 2.24) is 24.9 Å². The van der Waals surface area contributed by atoms with Gasteiger partial charge in [0.15, 0.2) is 0 Å². The fourth-order valence-electron chi connectivity index (χ4n) is 2.98. The molecule has 0 atom stereocenters. The number of nitrogens with one attached hydrogen (secondary N) is 3. The number of rotatable bonds is 3. The summed E-state index contributed by atoms with van der Waals surface area (Å²) in [5.41, 5.74) is 6.47. The lowest BCUT2D eigenvalue weighted by Crippen LogP contribution is -1.91. The highest BCUT2D eigenvalue weighted by molar-refractivity contribution is 6.29. The van der Waals surface area contributed by atoms with E-state index in [1.807, 2.05) is 42.7 Å². The number of hydrogen-bond acceptors (Lipinski definition) is 4. The van der Waals surface area contributed by atoms with E-state index in [4.69, 9.17) is 11.6 Å². The molecule has 0 aliphatic carbocycles. The number of pyridine rings is 2. The number of hydrogen-bond donors (Lipinski definition) is 3. The zero-order valence-electron chi connectivity index (χ0n) is 13.5. The van der Waals surface area contributed by atoms with Crippen molar-refractivity contribution < 1.29 is 0 Å². The van der Waals surface area contributed by atoms with Gasteiger partial charge in [0.1, 0.15) is 10.7 Å². The van der Waals surface area contributed by atoms with E-state index in [1.54, 1.807) is 12.3 Å². The summed E-state index contributed by atoms with van der Waals surface area (Å²) in [5, 5.41) is 3.72. The quantitative estimate of drug-likeness (QED) is 0.400. The van der Waals surface area contributed by atoms with Crippen LogP contribution in [0.5, 0.6) is 0 Å². The first-order valence-electron chi connectivity index (χ1n) is 8.07. The monoisotopic (exact) mass is 360 g/mol. The van der Waals surface area contributed by atoms with Gasteiger partial charge in [-0.2, -0.15) is 0 Å². The summed E-state index contributed by atoms with van der Waals surface area (Å²) in [5.74, 6) is 0.644. The van der Waals surface area contributed by atoms with Gasteiger partial charge in [0.05, 0.1) is 22.2 Å². The topological polar surface area (TPSA) is 82.3 Å². The normalized spacial score (nSPS) is 11.3. The molecule has 5 aromatic rings. The number of nitrogens with zero attached hydrogens (tertiary/aromatic N) is 3. The molecule has 0 saturated heterocycles. The molecule has 0 fully saturated rings. The highest BCUT2D eigenvalue weighted by Crippen LogP contribution is 2.27. The van der Waals surface area contributed by atoms with Crippen LogP contribution >= 0.6 is 11.6 Å². The number of aromatic amines is 2. The Morgan fingerprint density at radius 2 is 1.92 bits per heavy atom. The van der Waals surface area contributed by atoms with E-state index in [-0.39, 0.29) is 0 Å². The van der Waals surface area contributed by atoms with Gasteiger partial charge in [-0.15, -0.1) is 0 Å². The molecule has 1 aromatic carbocycles. The fourth-order valence-corrected chi connectivity index (χ4v) is 3.13. The summed E-state index contributed by atoms with van der Waals surface area (Å²) < 4.78 is 0. The molecular weight excluding hydrogens is 348 g/mol. The fraction of sp³-hybridized carbons (Fsp3) is 0. The van der Waals surface area contributed by atoms with Crippen molar-refractivity contribution in [3.05, 3.63) is 66.2 Å². The molecule has 0 unspecified atom stereocenters. The second-order valence-corrected chi connectivity index (χ2v) is 6.30. The van der Waals surface area contributed by atoms with Crippen LogP contribution in [0.25, 0.3) is 33.2 Å². The Morgan fingerprint density at radius 1 is 0.962 bits per heavy atom. The molecule has 4 aromatic heterocycles. The summed E-state index contributed by atoms with van der Waals surface area (Å²) in [6.07, 6.45) is 5.46. The lowest BCUT2D eigenvalue weighted by molar-refractivity contribution is 1.31. The second kappa shape index (κ2) is 5.86. The van der Waals surface area contributed by atoms with Gasteiger partial charge >= 0.3 is 0 Å². The molecule has 6 nitrogen and oxygen atoms in total. The largest absolute Gasteiger partial charge is 0.358 e. The van der Waals surface area contributed by atoms with Crippen molar-refractivity contribution in [3.8, 4) is 11.1 Å². The summed E-state index contributed by atoms with van der Waals surface area (Å²) in [6.45, 7) is 0. The number of aromatic nitrogens is 5. The van der Waals surface area contributed by atoms with Crippen LogP contribution in [0.15, 0.2) is 61.1 Å². The third kappa shape index (κ3) is 2.57. The first-order chi connectivity index (χ1) is 12.8. The van der Waals surface area contributed by atoms with Crippen LogP contribution in [-0.2, 0) is 0 Å². The smallest absolute Gasteiger partial charge is 0.205 e. The highest BCUT2D eigenvalue weighted by atomic mass is 35.5. The zero-order chi connectivity index (χ0) is 17.5. The predicted octanol–water partition coefficient (Wildman–Crippen LogP) is 4.90. The molecule has 7 heteroatoms. The number of anilines is 2. The van der Waals surface area contributed by atoms with E-state index in [0.29, 0.717) is 11.1 Å². The van der Waals surface area contributed by atoms with E-state index in [1.165, 1.54) is 0 Å². The van der Waals surface area contributed by atoms with Crippen LogP contribution in [-0.4, -0.2) is 24.9 Å². The molecule has 0 radical (unpaired) electrons. The maximum Gasteiger partial charge on any atom is 0.205 e.